The van der Waals surface area contributed by atoms with E-state index in [2.05, 4.69) is 45.0 Å². The van der Waals surface area contributed by atoms with Crippen LogP contribution in [0.3, 0.4) is 0 Å². The molecule has 1 nitrogen and oxygen atoms in total. The quantitative estimate of drug-likeness (QED) is 0.690. The fourth-order valence-corrected chi connectivity index (χ4v) is 3.11. The summed E-state index contributed by atoms with van der Waals surface area (Å²) in [4.78, 5) is 1.11. The Morgan fingerprint density at radius 2 is 1.79 bits per heavy atom. The smallest absolute Gasteiger partial charge is 0.129 e. The van der Waals surface area contributed by atoms with E-state index in [4.69, 9.17) is 16.3 Å². The highest BCUT2D eigenvalue weighted by Gasteiger charge is 2.16. The number of hydrogen-bond donors (Lipinski definition) is 0. The van der Waals surface area contributed by atoms with E-state index >= 15 is 0 Å². The highest BCUT2D eigenvalue weighted by molar-refractivity contribution is 7.10. The molecule has 0 spiro atoms. The molecule has 102 valence electrons. The molecule has 0 aliphatic heterocycles. The molecule has 3 heteroatoms. The third kappa shape index (κ3) is 3.31. The summed E-state index contributed by atoms with van der Waals surface area (Å²) >= 11 is 8.15. The predicted octanol–water partition coefficient (Wildman–Crippen LogP) is 5.38. The van der Waals surface area contributed by atoms with Gasteiger partial charge in [-0.15, -0.1) is 22.9 Å². The molecule has 0 radical (unpaired) electrons. The first-order chi connectivity index (χ1) is 8.91. The van der Waals surface area contributed by atoms with Crippen molar-refractivity contribution in [3.05, 3.63) is 51.7 Å². The first-order valence-corrected chi connectivity index (χ1v) is 7.60. The van der Waals surface area contributed by atoms with Gasteiger partial charge in [-0.3, -0.25) is 0 Å². The van der Waals surface area contributed by atoms with Crippen LogP contribution in [-0.2, 0) is 5.41 Å². The van der Waals surface area contributed by atoms with Gasteiger partial charge in [-0.1, -0.05) is 45.0 Å². The van der Waals surface area contributed by atoms with Crippen molar-refractivity contribution in [2.45, 2.75) is 31.6 Å². The van der Waals surface area contributed by atoms with E-state index < -0.39 is 0 Å². The van der Waals surface area contributed by atoms with E-state index in [1.165, 1.54) is 5.56 Å². The summed E-state index contributed by atoms with van der Waals surface area (Å²) in [6.45, 7) is 6.64. The number of halogens is 1. The Hall–Kier alpha value is -0.990. The predicted molar refractivity (Wildman–Crippen MR) is 83.7 cm³/mol. The summed E-state index contributed by atoms with van der Waals surface area (Å²) < 4.78 is 5.20. The zero-order chi connectivity index (χ0) is 14.0. The number of alkyl halides is 1. The highest BCUT2D eigenvalue weighted by atomic mass is 35.5. The Balaban J connectivity index is 2.22. The Morgan fingerprint density at radius 1 is 1.16 bits per heavy atom. The van der Waals surface area contributed by atoms with E-state index in [-0.39, 0.29) is 10.8 Å². The van der Waals surface area contributed by atoms with Crippen LogP contribution in [0.4, 0.5) is 0 Å². The molecule has 1 heterocycles. The SMILES string of the molecule is COc1csc(C(Cl)c2ccc(C(C)(C)C)cc2)c1. The number of methoxy groups -OCH3 is 1. The molecule has 0 aliphatic rings. The van der Waals surface area contributed by atoms with Gasteiger partial charge in [0.2, 0.25) is 0 Å². The summed E-state index contributed by atoms with van der Waals surface area (Å²) in [5.74, 6) is 0.872. The van der Waals surface area contributed by atoms with Crippen LogP contribution < -0.4 is 4.74 Å². The van der Waals surface area contributed by atoms with E-state index in [9.17, 15) is 0 Å². The number of benzene rings is 1. The van der Waals surface area contributed by atoms with Crippen molar-refractivity contribution in [2.75, 3.05) is 7.11 Å². The molecule has 1 aromatic carbocycles. The maximum Gasteiger partial charge on any atom is 0.129 e. The van der Waals surface area contributed by atoms with Gasteiger partial charge in [0, 0.05) is 10.3 Å². The fourth-order valence-electron chi connectivity index (χ4n) is 1.89. The monoisotopic (exact) mass is 294 g/mol. The minimum absolute atomic E-state index is 0.108. The van der Waals surface area contributed by atoms with Crippen LogP contribution in [0.15, 0.2) is 35.7 Å². The first kappa shape index (κ1) is 14.4. The molecule has 2 aromatic rings. The van der Waals surface area contributed by atoms with Gasteiger partial charge in [-0.05, 0) is 22.6 Å². The van der Waals surface area contributed by atoms with Crippen molar-refractivity contribution in [1.29, 1.82) is 0 Å². The number of ether oxygens (including phenoxy) is 1. The Bertz CT molecular complexity index is 537. The van der Waals surface area contributed by atoms with Gasteiger partial charge in [0.25, 0.3) is 0 Å². The fraction of sp³-hybridized carbons (Fsp3) is 0.375. The van der Waals surface area contributed by atoms with Crippen molar-refractivity contribution in [3.63, 3.8) is 0 Å². The minimum Gasteiger partial charge on any atom is -0.496 e. The standard InChI is InChI=1S/C16H19ClOS/c1-16(2,3)12-7-5-11(6-8-12)15(17)14-9-13(18-4)10-19-14/h5-10,15H,1-4H3. The maximum atomic E-state index is 6.52. The third-order valence-electron chi connectivity index (χ3n) is 3.15. The minimum atomic E-state index is -0.108. The van der Waals surface area contributed by atoms with Crippen LogP contribution in [-0.4, -0.2) is 7.11 Å². The third-order valence-corrected chi connectivity index (χ3v) is 4.74. The maximum absolute atomic E-state index is 6.52. The second-order valence-electron chi connectivity index (χ2n) is 5.62. The average Bonchev–Trinajstić information content (AvgIpc) is 2.86. The number of thiophene rings is 1. The topological polar surface area (TPSA) is 9.23 Å². The van der Waals surface area contributed by atoms with E-state index in [0.29, 0.717) is 0 Å². The molecule has 0 bridgehead atoms. The molecule has 0 fully saturated rings. The van der Waals surface area contributed by atoms with Gasteiger partial charge < -0.3 is 4.74 Å². The first-order valence-electron chi connectivity index (χ1n) is 6.29. The molecule has 1 aromatic heterocycles. The summed E-state index contributed by atoms with van der Waals surface area (Å²) in [5.41, 5.74) is 2.62. The molecule has 1 atom stereocenters. The van der Waals surface area contributed by atoms with Crippen molar-refractivity contribution in [2.24, 2.45) is 0 Å². The van der Waals surface area contributed by atoms with Crippen molar-refractivity contribution < 1.29 is 4.74 Å². The lowest BCUT2D eigenvalue weighted by Crippen LogP contribution is -2.10. The van der Waals surface area contributed by atoms with Gasteiger partial charge >= 0.3 is 0 Å². The van der Waals surface area contributed by atoms with Crippen LogP contribution in [0.25, 0.3) is 0 Å². The average molecular weight is 295 g/mol. The van der Waals surface area contributed by atoms with Gasteiger partial charge in [0.1, 0.15) is 5.75 Å². The summed E-state index contributed by atoms with van der Waals surface area (Å²) in [6, 6.07) is 10.6. The summed E-state index contributed by atoms with van der Waals surface area (Å²) in [7, 11) is 1.67. The molecule has 0 saturated carbocycles. The molecule has 2 rings (SSSR count). The van der Waals surface area contributed by atoms with Gasteiger partial charge in [0.15, 0.2) is 0 Å². The Kier molecular flexibility index (Phi) is 4.22. The summed E-state index contributed by atoms with van der Waals surface area (Å²) in [6.07, 6.45) is 0. The Morgan fingerprint density at radius 3 is 2.26 bits per heavy atom. The van der Waals surface area contributed by atoms with Crippen molar-refractivity contribution in [1.82, 2.24) is 0 Å². The molecule has 0 amide bonds. The molecule has 19 heavy (non-hydrogen) atoms. The van der Waals surface area contributed by atoms with Crippen molar-refractivity contribution >= 4 is 22.9 Å². The van der Waals surface area contributed by atoms with Gasteiger partial charge in [-0.2, -0.15) is 0 Å². The zero-order valence-electron chi connectivity index (χ0n) is 11.7. The second kappa shape index (κ2) is 5.56. The van der Waals surface area contributed by atoms with Crippen LogP contribution >= 0.6 is 22.9 Å². The van der Waals surface area contributed by atoms with E-state index in [0.717, 1.165) is 16.2 Å². The zero-order valence-corrected chi connectivity index (χ0v) is 13.3. The van der Waals surface area contributed by atoms with Crippen LogP contribution in [0.1, 0.15) is 42.2 Å². The van der Waals surface area contributed by atoms with Gasteiger partial charge in [0.05, 0.1) is 12.5 Å². The second-order valence-corrected chi connectivity index (χ2v) is 7.00. The highest BCUT2D eigenvalue weighted by Crippen LogP contribution is 2.36. The molecule has 1 unspecified atom stereocenters. The van der Waals surface area contributed by atoms with Crippen LogP contribution in [0.2, 0.25) is 0 Å². The molecule has 0 saturated heterocycles. The van der Waals surface area contributed by atoms with Gasteiger partial charge in [-0.25, -0.2) is 0 Å². The van der Waals surface area contributed by atoms with E-state index in [1.54, 1.807) is 18.4 Å². The lowest BCUT2D eigenvalue weighted by atomic mass is 9.86. The molecule has 0 N–H and O–H groups in total. The number of hydrogen-bond acceptors (Lipinski definition) is 2. The van der Waals surface area contributed by atoms with Crippen LogP contribution in [0, 0.1) is 0 Å². The summed E-state index contributed by atoms with van der Waals surface area (Å²) in [5, 5.41) is 1.87. The van der Waals surface area contributed by atoms with Crippen molar-refractivity contribution in [3.8, 4) is 5.75 Å². The number of rotatable bonds is 3. The van der Waals surface area contributed by atoms with Crippen LogP contribution in [0.5, 0.6) is 5.75 Å². The Labute approximate surface area is 124 Å². The largest absolute Gasteiger partial charge is 0.496 e. The van der Waals surface area contributed by atoms with E-state index in [1.807, 2.05) is 11.4 Å². The molecular formula is C16H19ClOS. The molecule has 0 aliphatic carbocycles. The molecular weight excluding hydrogens is 276 g/mol. The lowest BCUT2D eigenvalue weighted by Gasteiger charge is -2.19. The lowest BCUT2D eigenvalue weighted by molar-refractivity contribution is 0.416. The normalized spacial score (nSPS) is 13.3.